The Morgan fingerprint density at radius 3 is 2.22 bits per heavy atom. The van der Waals surface area contributed by atoms with E-state index in [0.29, 0.717) is 22.5 Å². The monoisotopic (exact) mass is 502 g/mol. The lowest BCUT2D eigenvalue weighted by molar-refractivity contribution is -0.119. The Kier molecular flexibility index (Phi) is 7.06. The highest BCUT2D eigenvalue weighted by molar-refractivity contribution is 6.20. The van der Waals surface area contributed by atoms with Crippen LogP contribution >= 0.6 is 0 Å². The second-order valence-corrected chi connectivity index (χ2v) is 9.45. The van der Waals surface area contributed by atoms with Gasteiger partial charge in [-0.25, -0.2) is 19.0 Å². The Hall–Kier alpha value is -4.53. The predicted octanol–water partition coefficient (Wildman–Crippen LogP) is 4.74. The number of nitrogens with one attached hydrogen (secondary N) is 2. The zero-order valence-electron chi connectivity index (χ0n) is 20.9. The number of carbonyl (C=O) groups is 3. The normalized spacial score (nSPS) is 15.3. The molecule has 1 unspecified atom stereocenters. The quantitative estimate of drug-likeness (QED) is 0.503. The van der Waals surface area contributed by atoms with Gasteiger partial charge in [0.2, 0.25) is 6.17 Å². The number of benzodiazepines with no additional fused rings is 1. The fourth-order valence-electron chi connectivity index (χ4n) is 3.80. The Morgan fingerprint density at radius 1 is 0.946 bits per heavy atom. The molecule has 190 valence electrons. The molecule has 0 spiro atoms. The molecule has 0 aliphatic carbocycles. The van der Waals surface area contributed by atoms with Gasteiger partial charge in [-0.2, -0.15) is 0 Å². The Labute approximate surface area is 214 Å². The van der Waals surface area contributed by atoms with Gasteiger partial charge < -0.3 is 20.3 Å². The lowest BCUT2D eigenvalue weighted by atomic mass is 10.00. The minimum atomic E-state index is -1.31. The molecule has 0 aromatic heterocycles. The van der Waals surface area contributed by atoms with E-state index < -0.39 is 35.5 Å². The number of rotatable bonds is 4. The summed E-state index contributed by atoms with van der Waals surface area (Å²) in [4.78, 5) is 44.1. The van der Waals surface area contributed by atoms with Gasteiger partial charge in [0.25, 0.3) is 5.91 Å². The summed E-state index contributed by atoms with van der Waals surface area (Å²) in [7, 11) is 1.57. The van der Waals surface area contributed by atoms with Crippen LogP contribution in [0.1, 0.15) is 42.3 Å². The van der Waals surface area contributed by atoms with Gasteiger partial charge in [0.05, 0.1) is 17.0 Å². The first kappa shape index (κ1) is 25.6. The number of para-hydroxylation sites is 1. The summed E-state index contributed by atoms with van der Waals surface area (Å²) in [6.45, 7) is 5.32. The number of esters is 1. The molecule has 0 saturated heterocycles. The highest BCUT2D eigenvalue weighted by Crippen LogP contribution is 2.28. The maximum Gasteiger partial charge on any atom is 0.338 e. The zero-order valence-corrected chi connectivity index (χ0v) is 20.9. The summed E-state index contributed by atoms with van der Waals surface area (Å²) in [6, 6.07) is 18.6. The van der Waals surface area contributed by atoms with Crippen LogP contribution in [0.4, 0.5) is 20.6 Å². The van der Waals surface area contributed by atoms with Crippen molar-refractivity contribution in [3.63, 3.8) is 0 Å². The summed E-state index contributed by atoms with van der Waals surface area (Å²) in [5.41, 5.74) is 1.65. The van der Waals surface area contributed by atoms with Crippen LogP contribution in [0.25, 0.3) is 0 Å². The maximum atomic E-state index is 14.7. The SMILES string of the molecule is CN1C(=O)C(NC(=O)Nc2ccc(C(=O)OC(C)(C)C)cc2)N=C(c2ccccc2F)c2ccccc21. The lowest BCUT2D eigenvalue weighted by Gasteiger charge is -2.21. The number of fused-ring (bicyclic) bond motifs is 1. The summed E-state index contributed by atoms with van der Waals surface area (Å²) in [5, 5.41) is 5.20. The van der Waals surface area contributed by atoms with Gasteiger partial charge in [0.1, 0.15) is 11.4 Å². The van der Waals surface area contributed by atoms with Crippen molar-refractivity contribution in [1.82, 2.24) is 5.32 Å². The second kappa shape index (κ2) is 10.2. The number of nitrogens with zero attached hydrogens (tertiary/aromatic N) is 2. The summed E-state index contributed by atoms with van der Waals surface area (Å²) >= 11 is 0. The first-order chi connectivity index (χ1) is 17.5. The number of amides is 3. The van der Waals surface area contributed by atoms with Crippen LogP contribution in [0.3, 0.4) is 0 Å². The highest BCUT2D eigenvalue weighted by atomic mass is 19.1. The predicted molar refractivity (Wildman–Crippen MR) is 139 cm³/mol. The summed E-state index contributed by atoms with van der Waals surface area (Å²) in [5.74, 6) is -1.47. The van der Waals surface area contributed by atoms with Crippen LogP contribution in [0, 0.1) is 5.82 Å². The highest BCUT2D eigenvalue weighted by Gasteiger charge is 2.31. The van der Waals surface area contributed by atoms with Gasteiger partial charge in [-0.3, -0.25) is 4.79 Å². The molecular weight excluding hydrogens is 475 g/mol. The van der Waals surface area contributed by atoms with Crippen molar-refractivity contribution < 1.29 is 23.5 Å². The Morgan fingerprint density at radius 2 is 1.57 bits per heavy atom. The van der Waals surface area contributed by atoms with E-state index in [4.69, 9.17) is 4.74 Å². The van der Waals surface area contributed by atoms with Crippen LogP contribution < -0.4 is 15.5 Å². The van der Waals surface area contributed by atoms with E-state index in [0.717, 1.165) is 0 Å². The smallest absolute Gasteiger partial charge is 0.338 e. The Balaban J connectivity index is 1.57. The molecule has 1 aliphatic rings. The standard InChI is InChI=1S/C28H27FN4O4/c1-28(2,3)37-26(35)17-13-15-18(16-14-17)30-27(36)32-24-25(34)33(4)22-12-8-6-10-20(22)23(31-24)19-9-5-7-11-21(19)29/h5-16,24H,1-4H3,(H2,30,32,36). The first-order valence-electron chi connectivity index (χ1n) is 11.6. The number of hydrogen-bond acceptors (Lipinski definition) is 5. The van der Waals surface area contributed by atoms with E-state index in [1.54, 1.807) is 82.4 Å². The number of likely N-dealkylation sites (N-methyl/N-ethyl adjacent to an activating group) is 1. The molecule has 3 aromatic rings. The van der Waals surface area contributed by atoms with E-state index in [1.807, 2.05) is 0 Å². The number of ether oxygens (including phenoxy) is 1. The third-order valence-electron chi connectivity index (χ3n) is 5.52. The lowest BCUT2D eigenvalue weighted by Crippen LogP contribution is -2.47. The summed E-state index contributed by atoms with van der Waals surface area (Å²) < 4.78 is 20.1. The number of benzene rings is 3. The molecule has 9 heteroatoms. The van der Waals surface area contributed by atoms with Gasteiger partial charge in [0.15, 0.2) is 0 Å². The number of aliphatic imine (C=N–C) groups is 1. The maximum absolute atomic E-state index is 14.7. The van der Waals surface area contributed by atoms with Crippen molar-refractivity contribution in [3.8, 4) is 0 Å². The van der Waals surface area contributed by atoms with Gasteiger partial charge >= 0.3 is 12.0 Å². The van der Waals surface area contributed by atoms with Crippen LogP contribution in [-0.4, -0.2) is 42.4 Å². The number of urea groups is 1. The van der Waals surface area contributed by atoms with Crippen LogP contribution in [0.15, 0.2) is 77.8 Å². The minimum absolute atomic E-state index is 0.211. The van der Waals surface area contributed by atoms with E-state index >= 15 is 0 Å². The third kappa shape index (κ3) is 5.83. The molecule has 0 bridgehead atoms. The van der Waals surface area contributed by atoms with Gasteiger partial charge in [-0.1, -0.05) is 30.3 Å². The number of halogens is 1. The number of carbonyl (C=O) groups excluding carboxylic acids is 3. The molecule has 0 saturated carbocycles. The molecule has 37 heavy (non-hydrogen) atoms. The minimum Gasteiger partial charge on any atom is -0.456 e. The van der Waals surface area contributed by atoms with Crippen molar-refractivity contribution in [1.29, 1.82) is 0 Å². The third-order valence-corrected chi connectivity index (χ3v) is 5.52. The Bertz CT molecular complexity index is 1380. The molecule has 4 rings (SSSR count). The van der Waals surface area contributed by atoms with E-state index in [-0.39, 0.29) is 11.3 Å². The molecule has 8 nitrogen and oxygen atoms in total. The molecule has 3 amide bonds. The summed E-state index contributed by atoms with van der Waals surface area (Å²) in [6.07, 6.45) is -1.31. The molecule has 1 heterocycles. The van der Waals surface area contributed by atoms with Gasteiger partial charge in [0, 0.05) is 23.9 Å². The average molecular weight is 503 g/mol. The average Bonchev–Trinajstić information content (AvgIpc) is 2.94. The topological polar surface area (TPSA) is 100 Å². The van der Waals surface area contributed by atoms with E-state index in [1.165, 1.54) is 23.1 Å². The first-order valence-corrected chi connectivity index (χ1v) is 11.6. The van der Waals surface area contributed by atoms with Crippen molar-refractivity contribution in [2.24, 2.45) is 4.99 Å². The van der Waals surface area contributed by atoms with Crippen molar-refractivity contribution in [2.75, 3.05) is 17.3 Å². The number of anilines is 2. The molecule has 0 fully saturated rings. The molecule has 2 N–H and O–H groups in total. The van der Waals surface area contributed by atoms with E-state index in [9.17, 15) is 18.8 Å². The molecule has 0 radical (unpaired) electrons. The molecule has 1 aliphatic heterocycles. The molecular formula is C28H27FN4O4. The molecule has 3 aromatic carbocycles. The second-order valence-electron chi connectivity index (χ2n) is 9.45. The van der Waals surface area contributed by atoms with Gasteiger partial charge in [-0.15, -0.1) is 0 Å². The fraction of sp³-hybridized carbons (Fsp3) is 0.214. The van der Waals surface area contributed by atoms with Crippen LogP contribution in [0.5, 0.6) is 0 Å². The fourth-order valence-corrected chi connectivity index (χ4v) is 3.80. The van der Waals surface area contributed by atoms with Crippen molar-refractivity contribution >= 4 is 35.0 Å². The van der Waals surface area contributed by atoms with Crippen molar-refractivity contribution in [3.05, 3.63) is 95.3 Å². The van der Waals surface area contributed by atoms with Gasteiger partial charge in [-0.05, 0) is 63.2 Å². The number of hydrogen-bond donors (Lipinski definition) is 2. The van der Waals surface area contributed by atoms with Crippen molar-refractivity contribution in [2.45, 2.75) is 32.5 Å². The van der Waals surface area contributed by atoms with Crippen LogP contribution in [0.2, 0.25) is 0 Å². The van der Waals surface area contributed by atoms with Crippen LogP contribution in [-0.2, 0) is 9.53 Å². The van der Waals surface area contributed by atoms with E-state index in [2.05, 4.69) is 15.6 Å². The largest absolute Gasteiger partial charge is 0.456 e. The zero-order chi connectivity index (χ0) is 26.7. The molecule has 1 atom stereocenters.